The van der Waals surface area contributed by atoms with Crippen LogP contribution in [0.5, 0.6) is 0 Å². The molecule has 2 heterocycles. The molecular formula is C15H23N3S. The maximum Gasteiger partial charge on any atom is 0.0492 e. The van der Waals surface area contributed by atoms with Crippen LogP contribution in [0.15, 0.2) is 24.4 Å². The van der Waals surface area contributed by atoms with Gasteiger partial charge in [0.2, 0.25) is 0 Å². The molecule has 19 heavy (non-hydrogen) atoms. The van der Waals surface area contributed by atoms with E-state index in [0.29, 0.717) is 6.04 Å². The van der Waals surface area contributed by atoms with Gasteiger partial charge in [-0.25, -0.2) is 0 Å². The number of hydrogen-bond acceptors (Lipinski definition) is 3. The van der Waals surface area contributed by atoms with Gasteiger partial charge in [0.05, 0.1) is 0 Å². The third kappa shape index (κ3) is 3.91. The molecule has 2 aromatic rings. The molecule has 1 N–H and O–H groups in total. The molecule has 0 fully saturated rings. The third-order valence-corrected chi connectivity index (χ3v) is 4.47. The summed E-state index contributed by atoms with van der Waals surface area (Å²) in [5.41, 5.74) is 1.30. The molecule has 3 nitrogen and oxygen atoms in total. The first kappa shape index (κ1) is 14.3. The molecule has 0 saturated heterocycles. The average Bonchev–Trinajstić information content (AvgIpc) is 2.99. The van der Waals surface area contributed by atoms with Crippen LogP contribution < -0.4 is 5.32 Å². The normalized spacial score (nSPS) is 12.8. The predicted octanol–water partition coefficient (Wildman–Crippen LogP) is 3.46. The molecule has 104 valence electrons. The van der Waals surface area contributed by atoms with E-state index in [-0.39, 0.29) is 0 Å². The fraction of sp³-hybridized carbons (Fsp3) is 0.533. The minimum absolute atomic E-state index is 0.466. The SMILES string of the molecule is CCCNC(CCc1ccnn1C)c1ccc(C)s1. The van der Waals surface area contributed by atoms with Crippen LogP contribution >= 0.6 is 11.3 Å². The first-order chi connectivity index (χ1) is 9.20. The zero-order valence-electron chi connectivity index (χ0n) is 12.0. The van der Waals surface area contributed by atoms with Gasteiger partial charge in [0.1, 0.15) is 0 Å². The highest BCUT2D eigenvalue weighted by Gasteiger charge is 2.13. The maximum absolute atomic E-state index is 4.23. The summed E-state index contributed by atoms with van der Waals surface area (Å²) in [6, 6.07) is 7.05. The lowest BCUT2D eigenvalue weighted by molar-refractivity contribution is 0.498. The Morgan fingerprint density at radius 1 is 1.37 bits per heavy atom. The van der Waals surface area contributed by atoms with Crippen molar-refractivity contribution in [2.45, 2.75) is 39.2 Å². The Morgan fingerprint density at radius 2 is 2.21 bits per heavy atom. The molecule has 0 aliphatic heterocycles. The molecule has 0 aliphatic rings. The molecule has 1 unspecified atom stereocenters. The molecule has 0 bridgehead atoms. The van der Waals surface area contributed by atoms with Crippen LogP contribution in [0, 0.1) is 6.92 Å². The number of thiophene rings is 1. The first-order valence-electron chi connectivity index (χ1n) is 6.97. The molecule has 0 spiro atoms. The van der Waals surface area contributed by atoms with Crippen LogP contribution in [-0.2, 0) is 13.5 Å². The summed E-state index contributed by atoms with van der Waals surface area (Å²) < 4.78 is 1.97. The second kappa shape index (κ2) is 6.87. The topological polar surface area (TPSA) is 29.9 Å². The van der Waals surface area contributed by atoms with Crippen molar-refractivity contribution >= 4 is 11.3 Å². The van der Waals surface area contributed by atoms with E-state index >= 15 is 0 Å². The van der Waals surface area contributed by atoms with Crippen molar-refractivity contribution in [1.29, 1.82) is 0 Å². The zero-order valence-corrected chi connectivity index (χ0v) is 12.8. The quantitative estimate of drug-likeness (QED) is 0.840. The van der Waals surface area contributed by atoms with Gasteiger partial charge >= 0.3 is 0 Å². The summed E-state index contributed by atoms with van der Waals surface area (Å²) in [4.78, 5) is 2.84. The predicted molar refractivity (Wildman–Crippen MR) is 81.6 cm³/mol. The van der Waals surface area contributed by atoms with E-state index in [1.54, 1.807) is 0 Å². The summed E-state index contributed by atoms with van der Waals surface area (Å²) in [5, 5.41) is 7.89. The number of aryl methyl sites for hydroxylation is 3. The maximum atomic E-state index is 4.23. The summed E-state index contributed by atoms with van der Waals surface area (Å²) in [6.07, 6.45) is 5.24. The Morgan fingerprint density at radius 3 is 2.79 bits per heavy atom. The molecule has 0 aromatic carbocycles. The molecular weight excluding hydrogens is 254 g/mol. The van der Waals surface area contributed by atoms with Crippen LogP contribution in [0.2, 0.25) is 0 Å². The van der Waals surface area contributed by atoms with E-state index in [1.807, 2.05) is 29.3 Å². The summed E-state index contributed by atoms with van der Waals surface area (Å²) in [6.45, 7) is 5.46. The van der Waals surface area contributed by atoms with Crippen LogP contribution in [0.1, 0.15) is 41.3 Å². The number of nitrogens with one attached hydrogen (secondary N) is 1. The molecule has 4 heteroatoms. The molecule has 2 rings (SSSR count). The standard InChI is InChI=1S/C15H23N3S/c1-4-10-16-14(15-8-5-12(2)19-15)7-6-13-9-11-17-18(13)3/h5,8-9,11,14,16H,4,6-7,10H2,1-3H3. The fourth-order valence-electron chi connectivity index (χ4n) is 2.24. The Labute approximate surface area is 119 Å². The van der Waals surface area contributed by atoms with Crippen LogP contribution in [0.3, 0.4) is 0 Å². The van der Waals surface area contributed by atoms with Gasteiger partial charge < -0.3 is 5.32 Å². The molecule has 0 saturated carbocycles. The lowest BCUT2D eigenvalue weighted by atomic mass is 10.1. The van der Waals surface area contributed by atoms with Gasteiger partial charge in [0, 0.05) is 34.7 Å². The number of aromatic nitrogens is 2. The monoisotopic (exact) mass is 277 g/mol. The van der Waals surface area contributed by atoms with Crippen LogP contribution in [0.4, 0.5) is 0 Å². The van der Waals surface area contributed by atoms with Crippen molar-refractivity contribution in [3.05, 3.63) is 39.8 Å². The van der Waals surface area contributed by atoms with E-state index in [2.05, 4.69) is 42.5 Å². The summed E-state index contributed by atoms with van der Waals surface area (Å²) in [5.74, 6) is 0. The summed E-state index contributed by atoms with van der Waals surface area (Å²) in [7, 11) is 2.01. The molecule has 0 amide bonds. The average molecular weight is 277 g/mol. The van der Waals surface area contributed by atoms with Crippen molar-refractivity contribution in [3.8, 4) is 0 Å². The van der Waals surface area contributed by atoms with Crippen molar-refractivity contribution in [1.82, 2.24) is 15.1 Å². The van der Waals surface area contributed by atoms with E-state index in [9.17, 15) is 0 Å². The van der Waals surface area contributed by atoms with Gasteiger partial charge in [-0.2, -0.15) is 5.10 Å². The first-order valence-corrected chi connectivity index (χ1v) is 7.79. The van der Waals surface area contributed by atoms with Gasteiger partial charge in [0.15, 0.2) is 0 Å². The third-order valence-electron chi connectivity index (χ3n) is 3.36. The van der Waals surface area contributed by atoms with Gasteiger partial charge in [-0.15, -0.1) is 11.3 Å². The lowest BCUT2D eigenvalue weighted by Gasteiger charge is -2.17. The van der Waals surface area contributed by atoms with E-state index < -0.39 is 0 Å². The molecule has 1 atom stereocenters. The summed E-state index contributed by atoms with van der Waals surface area (Å²) >= 11 is 1.90. The molecule has 0 radical (unpaired) electrons. The Kier molecular flexibility index (Phi) is 5.16. The molecule has 0 aliphatic carbocycles. The Hall–Kier alpha value is -1.13. The van der Waals surface area contributed by atoms with E-state index in [4.69, 9.17) is 0 Å². The second-order valence-electron chi connectivity index (χ2n) is 4.94. The van der Waals surface area contributed by atoms with Crippen molar-refractivity contribution in [2.75, 3.05) is 6.54 Å². The van der Waals surface area contributed by atoms with Crippen molar-refractivity contribution in [2.24, 2.45) is 7.05 Å². The van der Waals surface area contributed by atoms with Crippen molar-refractivity contribution < 1.29 is 0 Å². The van der Waals surface area contributed by atoms with Crippen LogP contribution in [0.25, 0.3) is 0 Å². The number of nitrogens with zero attached hydrogens (tertiary/aromatic N) is 2. The highest BCUT2D eigenvalue weighted by atomic mass is 32.1. The van der Waals surface area contributed by atoms with Gasteiger partial charge in [-0.1, -0.05) is 6.92 Å². The van der Waals surface area contributed by atoms with Crippen molar-refractivity contribution in [3.63, 3.8) is 0 Å². The second-order valence-corrected chi connectivity index (χ2v) is 6.26. The number of hydrogen-bond donors (Lipinski definition) is 1. The highest BCUT2D eigenvalue weighted by Crippen LogP contribution is 2.26. The fourth-order valence-corrected chi connectivity index (χ4v) is 3.23. The Balaban J connectivity index is 1.99. The highest BCUT2D eigenvalue weighted by molar-refractivity contribution is 7.12. The largest absolute Gasteiger partial charge is 0.309 e. The van der Waals surface area contributed by atoms with Crippen LogP contribution in [-0.4, -0.2) is 16.3 Å². The van der Waals surface area contributed by atoms with Gasteiger partial charge in [0.25, 0.3) is 0 Å². The van der Waals surface area contributed by atoms with Gasteiger partial charge in [-0.05, 0) is 50.9 Å². The van der Waals surface area contributed by atoms with Gasteiger partial charge in [-0.3, -0.25) is 4.68 Å². The van der Waals surface area contributed by atoms with E-state index in [0.717, 1.165) is 19.4 Å². The minimum Gasteiger partial charge on any atom is -0.309 e. The lowest BCUT2D eigenvalue weighted by Crippen LogP contribution is -2.22. The minimum atomic E-state index is 0.466. The number of rotatable bonds is 7. The zero-order chi connectivity index (χ0) is 13.7. The smallest absolute Gasteiger partial charge is 0.0492 e. The van der Waals surface area contributed by atoms with E-state index in [1.165, 1.54) is 21.9 Å². The molecule has 2 aromatic heterocycles. The Bertz CT molecular complexity index is 501.